The number of fused-ring (bicyclic) bond motifs is 5. The molecule has 4 aliphatic carbocycles. The Balaban J connectivity index is 1.17. The van der Waals surface area contributed by atoms with Gasteiger partial charge in [0.2, 0.25) is 11.7 Å². The van der Waals surface area contributed by atoms with E-state index in [1.54, 1.807) is 32.1 Å². The zero-order valence-corrected chi connectivity index (χ0v) is 31.5. The number of rotatable bonds is 14. The summed E-state index contributed by atoms with van der Waals surface area (Å²) in [5, 5.41) is 35.8. The van der Waals surface area contributed by atoms with Crippen molar-refractivity contribution in [1.29, 1.82) is 0 Å². The molecule has 294 valence electrons. The van der Waals surface area contributed by atoms with Crippen LogP contribution in [-0.2, 0) is 39.9 Å². The number of allylic oxidation sites excluding steroid dienone is 4. The number of carbonyl (C=O) groups is 5. The van der Waals surface area contributed by atoms with E-state index in [0.29, 0.717) is 31.2 Å². The van der Waals surface area contributed by atoms with E-state index >= 15 is 0 Å². The standard InChI is InChI=1S/C38H47ClN2O13/c1-22-17-29-28-12-9-25-19-26(43)13-14-35(25,3)37(28,39)31(44)20-36(29,4)38(22,48)32(45)21-52-34(47)54-27-10-7-24(8-11-27)18-30(40-23(2)42)33(46)51-15-5-6-16-53-41(49)50/h7-11,13-14,22,28-31,44,48H,5-6,12,15-21H2,1-4H3,(H,40,42)/t22-,28-,29-,30?,31-,35-,36-,37-,38-/m0/s1. The summed E-state index contributed by atoms with van der Waals surface area (Å²) in [6.07, 6.45) is 4.84. The molecule has 15 nitrogen and oxygen atoms in total. The summed E-state index contributed by atoms with van der Waals surface area (Å²) in [6, 6.07) is 4.97. The van der Waals surface area contributed by atoms with Gasteiger partial charge >= 0.3 is 12.1 Å². The number of carbonyl (C=O) groups excluding carboxylic acids is 5. The monoisotopic (exact) mass is 774 g/mol. The van der Waals surface area contributed by atoms with Crippen LogP contribution in [0.4, 0.5) is 4.79 Å². The molecule has 1 unspecified atom stereocenters. The Morgan fingerprint density at radius 2 is 1.78 bits per heavy atom. The highest BCUT2D eigenvalue weighted by Crippen LogP contribution is 2.70. The maximum absolute atomic E-state index is 13.8. The fourth-order valence-corrected chi connectivity index (χ4v) is 9.89. The van der Waals surface area contributed by atoms with Gasteiger partial charge in [-0.05, 0) is 73.6 Å². The number of benzene rings is 1. The van der Waals surface area contributed by atoms with E-state index in [1.165, 1.54) is 25.1 Å². The Hall–Kier alpha value is -4.34. The van der Waals surface area contributed by atoms with Crippen molar-refractivity contribution in [3.05, 3.63) is 63.7 Å². The molecule has 0 bridgehead atoms. The van der Waals surface area contributed by atoms with Crippen LogP contribution in [0.3, 0.4) is 0 Å². The molecular formula is C38H47ClN2O13. The molecule has 0 heterocycles. The molecule has 2 saturated carbocycles. The van der Waals surface area contributed by atoms with E-state index in [2.05, 4.69) is 10.2 Å². The molecule has 2 fully saturated rings. The predicted molar refractivity (Wildman–Crippen MR) is 190 cm³/mol. The number of amides is 1. The van der Waals surface area contributed by atoms with Crippen LogP contribution < -0.4 is 10.1 Å². The molecule has 54 heavy (non-hydrogen) atoms. The van der Waals surface area contributed by atoms with Gasteiger partial charge in [-0.3, -0.25) is 14.4 Å². The molecule has 0 aromatic heterocycles. The Labute approximate surface area is 317 Å². The maximum Gasteiger partial charge on any atom is 0.514 e. The lowest BCUT2D eigenvalue weighted by Gasteiger charge is -2.63. The minimum Gasteiger partial charge on any atom is -0.464 e. The molecule has 4 aliphatic rings. The van der Waals surface area contributed by atoms with Gasteiger partial charge in [0.1, 0.15) is 17.4 Å². The summed E-state index contributed by atoms with van der Waals surface area (Å²) in [6.45, 7) is 5.80. The fraction of sp³-hybridized carbons (Fsp3) is 0.605. The fourth-order valence-electron chi connectivity index (χ4n) is 9.39. The number of alkyl halides is 1. The van der Waals surface area contributed by atoms with Crippen molar-refractivity contribution in [3.63, 3.8) is 0 Å². The number of aliphatic hydroxyl groups excluding tert-OH is 1. The lowest BCUT2D eigenvalue weighted by atomic mass is 9.46. The number of halogens is 1. The van der Waals surface area contributed by atoms with Crippen LogP contribution >= 0.6 is 11.6 Å². The Bertz CT molecular complexity index is 1730. The van der Waals surface area contributed by atoms with E-state index < -0.39 is 74.9 Å². The molecule has 1 aromatic carbocycles. The van der Waals surface area contributed by atoms with Gasteiger partial charge < -0.3 is 34.6 Å². The van der Waals surface area contributed by atoms with Crippen molar-refractivity contribution < 1.29 is 58.3 Å². The molecule has 5 rings (SSSR count). The lowest BCUT2D eigenvalue weighted by Crippen LogP contribution is -2.68. The number of unbranched alkanes of at least 4 members (excludes halogenated alkanes) is 1. The second kappa shape index (κ2) is 15.8. The Morgan fingerprint density at radius 1 is 1.09 bits per heavy atom. The minimum absolute atomic E-state index is 0.0215. The first-order valence-corrected chi connectivity index (χ1v) is 18.4. The van der Waals surface area contributed by atoms with E-state index in [4.69, 9.17) is 25.8 Å². The summed E-state index contributed by atoms with van der Waals surface area (Å²) in [5.41, 5.74) is -2.38. The van der Waals surface area contributed by atoms with E-state index in [-0.39, 0.29) is 55.8 Å². The van der Waals surface area contributed by atoms with Crippen LogP contribution in [0.5, 0.6) is 5.75 Å². The van der Waals surface area contributed by atoms with Crippen LogP contribution in [-0.4, -0.2) is 87.3 Å². The van der Waals surface area contributed by atoms with Gasteiger partial charge in [-0.25, -0.2) is 9.59 Å². The van der Waals surface area contributed by atoms with Crippen LogP contribution in [0.2, 0.25) is 0 Å². The van der Waals surface area contributed by atoms with Gasteiger partial charge in [0.05, 0.1) is 24.2 Å². The Morgan fingerprint density at radius 3 is 2.44 bits per heavy atom. The van der Waals surface area contributed by atoms with Gasteiger partial charge in [-0.2, -0.15) is 0 Å². The summed E-state index contributed by atoms with van der Waals surface area (Å²) in [5.74, 6) is -2.96. The summed E-state index contributed by atoms with van der Waals surface area (Å²) in [7, 11) is 0. The van der Waals surface area contributed by atoms with Crippen LogP contribution in [0.15, 0.2) is 48.1 Å². The number of ketones is 2. The van der Waals surface area contributed by atoms with Crippen LogP contribution in [0.25, 0.3) is 0 Å². The highest BCUT2D eigenvalue weighted by molar-refractivity contribution is 6.26. The molecule has 0 saturated heterocycles. The van der Waals surface area contributed by atoms with Gasteiger partial charge in [0, 0.05) is 30.6 Å². The predicted octanol–water partition coefficient (Wildman–Crippen LogP) is 3.97. The van der Waals surface area contributed by atoms with Crippen LogP contribution in [0.1, 0.15) is 71.8 Å². The topological polar surface area (TPSA) is 218 Å². The molecule has 0 spiro atoms. The molecule has 9 atom stereocenters. The van der Waals surface area contributed by atoms with E-state index in [0.717, 1.165) is 5.57 Å². The number of aliphatic hydroxyl groups is 2. The lowest BCUT2D eigenvalue weighted by molar-refractivity contribution is -0.757. The third-order valence-corrected chi connectivity index (χ3v) is 13.1. The van der Waals surface area contributed by atoms with Gasteiger partial charge in [0.15, 0.2) is 12.4 Å². The van der Waals surface area contributed by atoms with Crippen molar-refractivity contribution in [1.82, 2.24) is 5.32 Å². The quantitative estimate of drug-likeness (QED) is 0.0464. The average molecular weight is 775 g/mol. The van der Waals surface area contributed by atoms with Gasteiger partial charge in [0.25, 0.3) is 5.09 Å². The van der Waals surface area contributed by atoms with Crippen molar-refractivity contribution in [2.75, 3.05) is 19.8 Å². The average Bonchev–Trinajstić information content (AvgIpc) is 3.31. The number of ether oxygens (including phenoxy) is 3. The molecule has 0 aliphatic heterocycles. The number of hydrogen-bond acceptors (Lipinski definition) is 13. The smallest absolute Gasteiger partial charge is 0.464 e. The van der Waals surface area contributed by atoms with Gasteiger partial charge in [-0.15, -0.1) is 21.7 Å². The first-order chi connectivity index (χ1) is 25.4. The van der Waals surface area contributed by atoms with Crippen LogP contribution in [0, 0.1) is 38.7 Å². The third-order valence-electron chi connectivity index (χ3n) is 12.1. The number of Topliss-reactive ketones (excluding diaryl/α,β-unsaturated/α-hetero) is 1. The van der Waals surface area contributed by atoms with Crippen molar-refractivity contribution in [2.45, 2.75) is 95.3 Å². The number of nitrogens with zero attached hydrogens (tertiary/aromatic N) is 1. The van der Waals surface area contributed by atoms with Gasteiger partial charge in [-0.1, -0.05) is 50.6 Å². The second-order valence-electron chi connectivity index (χ2n) is 15.3. The van der Waals surface area contributed by atoms with Crippen molar-refractivity contribution in [2.24, 2.45) is 28.6 Å². The van der Waals surface area contributed by atoms with E-state index in [1.807, 2.05) is 13.0 Å². The first-order valence-electron chi connectivity index (χ1n) is 18.1. The molecular weight excluding hydrogens is 728 g/mol. The highest BCUT2D eigenvalue weighted by Gasteiger charge is 2.74. The zero-order chi connectivity index (χ0) is 39.6. The molecule has 1 amide bonds. The third kappa shape index (κ3) is 7.50. The number of nitrogens with one attached hydrogen (secondary N) is 1. The summed E-state index contributed by atoms with van der Waals surface area (Å²) >= 11 is 7.46. The summed E-state index contributed by atoms with van der Waals surface area (Å²) in [4.78, 5) is 76.4. The zero-order valence-electron chi connectivity index (χ0n) is 30.7. The highest BCUT2D eigenvalue weighted by atomic mass is 35.5. The number of esters is 1. The Kier molecular flexibility index (Phi) is 11.9. The minimum atomic E-state index is -1.95. The summed E-state index contributed by atoms with van der Waals surface area (Å²) < 4.78 is 15.7. The van der Waals surface area contributed by atoms with Crippen molar-refractivity contribution in [3.8, 4) is 5.75 Å². The molecule has 0 radical (unpaired) electrons. The molecule has 1 aromatic rings. The van der Waals surface area contributed by atoms with E-state index in [9.17, 15) is 44.3 Å². The largest absolute Gasteiger partial charge is 0.514 e. The van der Waals surface area contributed by atoms with Crippen molar-refractivity contribution >= 4 is 41.2 Å². The SMILES string of the molecule is CC(=O)NC(Cc1ccc(OC(=O)OCC(=O)[C@@]2(O)[C@@H](C)C[C@H]3[C@@H]4CC=C5CC(=O)C=C[C@]5(C)[C@@]4(Cl)[C@@H](O)C[C@@]32C)cc1)C(=O)OCCCCO[N+](=O)[O-]. The normalized spacial score (nSPS) is 32.9. The first kappa shape index (κ1) is 40.8. The molecule has 16 heteroatoms. The number of hydrogen-bond donors (Lipinski definition) is 3. The second-order valence-corrected chi connectivity index (χ2v) is 15.9. The maximum atomic E-state index is 13.8. The molecule has 3 N–H and O–H groups in total.